The van der Waals surface area contributed by atoms with Gasteiger partial charge in [0.05, 0.1) is 29.0 Å². The molecule has 5 heterocycles. The van der Waals surface area contributed by atoms with Gasteiger partial charge in [0.15, 0.2) is 5.60 Å². The van der Waals surface area contributed by atoms with Crippen molar-refractivity contribution in [2.75, 3.05) is 0 Å². The number of unbranched alkanes of at least 4 members (excludes halogenated alkanes) is 5. The fourth-order valence-electron chi connectivity index (χ4n) is 11.6. The van der Waals surface area contributed by atoms with Crippen LogP contribution in [0.3, 0.4) is 0 Å². The molecule has 0 spiro atoms. The fourth-order valence-corrected chi connectivity index (χ4v) is 11.6. The lowest BCUT2D eigenvalue weighted by atomic mass is 9.83. The van der Waals surface area contributed by atoms with Crippen molar-refractivity contribution in [3.8, 4) is 28.6 Å². The van der Waals surface area contributed by atoms with Crippen LogP contribution in [-0.4, -0.2) is 38.2 Å². The summed E-state index contributed by atoms with van der Waals surface area (Å²) >= 11 is 0. The first-order valence-corrected chi connectivity index (χ1v) is 27.7. The van der Waals surface area contributed by atoms with Gasteiger partial charge in [-0.2, -0.15) is 0 Å². The number of hydrogen-bond acceptors (Lipinski definition) is 10. The van der Waals surface area contributed by atoms with Crippen molar-refractivity contribution in [1.29, 1.82) is 0 Å². The Hall–Kier alpha value is -5.03. The summed E-state index contributed by atoms with van der Waals surface area (Å²) in [5, 5.41) is 12.1. The van der Waals surface area contributed by atoms with E-state index in [0.717, 1.165) is 108 Å². The molecule has 0 aliphatic carbocycles. The summed E-state index contributed by atoms with van der Waals surface area (Å²) in [5.41, 5.74) is 6.26. The Kier molecular flexibility index (Phi) is 18.2. The molecule has 11 heteroatoms. The highest BCUT2D eigenvalue weighted by molar-refractivity contribution is 5.90. The smallest absolute Gasteiger partial charge is 0.343 e. The zero-order valence-electron chi connectivity index (χ0n) is 45.4. The highest BCUT2D eigenvalue weighted by atomic mass is 16.6. The zero-order chi connectivity index (χ0) is 51.9. The van der Waals surface area contributed by atoms with Crippen LogP contribution in [0.5, 0.6) is 17.2 Å². The van der Waals surface area contributed by atoms with Crippen LogP contribution in [0.15, 0.2) is 29.1 Å². The number of aryl methyl sites for hydroxylation is 1. The Morgan fingerprint density at radius 1 is 0.778 bits per heavy atom. The van der Waals surface area contributed by atoms with Gasteiger partial charge in [-0.1, -0.05) is 112 Å². The molecule has 0 unspecified atom stereocenters. The van der Waals surface area contributed by atoms with Crippen molar-refractivity contribution in [1.82, 2.24) is 9.55 Å². The number of cyclic esters (lactones) is 1. The first-order valence-electron chi connectivity index (χ1n) is 27.7. The molecule has 1 N–H and O–H groups in total. The number of benzene rings is 2. The normalized spacial score (nSPS) is 18.8. The number of rotatable bonds is 25. The number of aliphatic hydroxyl groups is 1. The third-order valence-electron chi connectivity index (χ3n) is 16.4. The first-order chi connectivity index (χ1) is 34.4. The molecule has 392 valence electrons. The third kappa shape index (κ3) is 12.3. The maximum atomic E-state index is 13.7. The van der Waals surface area contributed by atoms with E-state index in [1.54, 1.807) is 23.6 Å². The van der Waals surface area contributed by atoms with Gasteiger partial charge in [0, 0.05) is 34.9 Å². The number of carbonyl (C=O) groups excluding carboxylic acids is 3. The zero-order valence-corrected chi connectivity index (χ0v) is 45.4. The van der Waals surface area contributed by atoms with Crippen LogP contribution in [0.4, 0.5) is 0 Å². The molecule has 2 aromatic carbocycles. The monoisotopic (exact) mass is 989 g/mol. The van der Waals surface area contributed by atoms with Gasteiger partial charge in [0.25, 0.3) is 5.56 Å². The summed E-state index contributed by atoms with van der Waals surface area (Å²) in [7, 11) is 0. The van der Waals surface area contributed by atoms with Gasteiger partial charge in [-0.15, -0.1) is 0 Å². The lowest BCUT2D eigenvalue weighted by molar-refractivity contribution is -0.172. The minimum absolute atomic E-state index is 0.0766. The van der Waals surface area contributed by atoms with Gasteiger partial charge in [-0.3, -0.25) is 14.4 Å². The molecule has 72 heavy (non-hydrogen) atoms. The topological polar surface area (TPSA) is 143 Å². The molecule has 0 fully saturated rings. The van der Waals surface area contributed by atoms with Crippen LogP contribution < -0.4 is 19.8 Å². The van der Waals surface area contributed by atoms with E-state index in [0.29, 0.717) is 60.6 Å². The number of nitrogens with zero attached hydrogens (tertiary/aromatic N) is 2. The summed E-state index contributed by atoms with van der Waals surface area (Å²) < 4.78 is 25.6. The predicted octanol–water partition coefficient (Wildman–Crippen LogP) is 13.7. The maximum absolute atomic E-state index is 13.7. The number of ether oxygens (including phenoxy) is 4. The Balaban J connectivity index is 0.813. The van der Waals surface area contributed by atoms with Gasteiger partial charge in [0.1, 0.15) is 29.5 Å². The average molecular weight is 989 g/mol. The van der Waals surface area contributed by atoms with Crippen LogP contribution in [0, 0.1) is 38.5 Å². The highest BCUT2D eigenvalue weighted by Gasteiger charge is 2.45. The highest BCUT2D eigenvalue weighted by Crippen LogP contribution is 2.46. The van der Waals surface area contributed by atoms with Gasteiger partial charge in [0.2, 0.25) is 0 Å². The van der Waals surface area contributed by atoms with Crippen molar-refractivity contribution >= 4 is 28.8 Å². The average Bonchev–Trinajstić information content (AvgIpc) is 3.71. The van der Waals surface area contributed by atoms with E-state index in [9.17, 15) is 24.3 Å². The molecular formula is C61H84N2O9. The van der Waals surface area contributed by atoms with Gasteiger partial charge >= 0.3 is 17.9 Å². The van der Waals surface area contributed by atoms with Crippen LogP contribution in [0.25, 0.3) is 22.3 Å². The number of aromatic nitrogens is 2. The Bertz CT molecular complexity index is 2680. The van der Waals surface area contributed by atoms with E-state index >= 15 is 0 Å². The minimum Gasteiger partial charge on any atom is -0.487 e. The molecule has 7 rings (SSSR count). The number of pyridine rings is 2. The lowest BCUT2D eigenvalue weighted by Gasteiger charge is -2.38. The molecule has 4 atom stereocenters. The summed E-state index contributed by atoms with van der Waals surface area (Å²) in [6.45, 7) is 21.8. The lowest BCUT2D eigenvalue weighted by Crippen LogP contribution is -2.44. The van der Waals surface area contributed by atoms with E-state index in [4.69, 9.17) is 23.9 Å². The second-order valence-corrected chi connectivity index (χ2v) is 22.5. The van der Waals surface area contributed by atoms with Crippen molar-refractivity contribution in [2.45, 2.75) is 228 Å². The SMILES string of the molecule is CCc1c2c(nc3ccc(OC(=O)CCCCCCCCC(=O)Oc4c(C)c(C)c5c(c4C)CC[C@@](C)(CCC[C@H](C)CCC[C@H](C)CCCC(C)C)O5)cc13)-c1cc3c(c(=O)n1C2)COC(=O)[C@]3(O)CC. The standard InChI is InChI=1S/C61H84N2O9/c1-11-45-47-34-44(29-30-51(47)62-55-48(45)36-63-52(55)35-50-49(58(63)66)37-69-59(67)61(50,68)12-2)70-53(64)27-17-15-13-14-16-18-28-54(65)71-56-41(7)42(8)57-46(43(56)9)31-33-60(10,72-57)32-21-26-40(6)25-20-24-39(5)23-19-22-38(3)4/h29-30,34-35,38-40,68H,11-28,31-33,36-37H2,1-10H3/t39-,40-,60-,61+/m1/s1. The van der Waals surface area contributed by atoms with Crippen molar-refractivity contribution in [2.24, 2.45) is 17.8 Å². The second-order valence-electron chi connectivity index (χ2n) is 22.5. The van der Waals surface area contributed by atoms with E-state index in [-0.39, 0.29) is 47.3 Å². The predicted molar refractivity (Wildman–Crippen MR) is 285 cm³/mol. The molecule has 0 saturated heterocycles. The van der Waals surface area contributed by atoms with E-state index in [1.165, 1.54) is 56.9 Å². The van der Waals surface area contributed by atoms with E-state index in [2.05, 4.69) is 48.5 Å². The molecular weight excluding hydrogens is 905 g/mol. The summed E-state index contributed by atoms with van der Waals surface area (Å²) in [4.78, 5) is 57.4. The Morgan fingerprint density at radius 2 is 1.42 bits per heavy atom. The largest absolute Gasteiger partial charge is 0.487 e. The summed E-state index contributed by atoms with van der Waals surface area (Å²) in [5.74, 6) is 3.27. The number of esters is 3. The molecule has 3 aliphatic rings. The van der Waals surface area contributed by atoms with Crippen molar-refractivity contribution in [3.63, 3.8) is 0 Å². The summed E-state index contributed by atoms with van der Waals surface area (Å²) in [6, 6.07) is 7.14. The quantitative estimate of drug-likeness (QED) is 0.0341. The molecule has 0 amide bonds. The maximum Gasteiger partial charge on any atom is 0.343 e. The van der Waals surface area contributed by atoms with E-state index in [1.807, 2.05) is 26.0 Å². The van der Waals surface area contributed by atoms with Crippen LogP contribution >= 0.6 is 0 Å². The second kappa shape index (κ2) is 23.9. The summed E-state index contributed by atoms with van der Waals surface area (Å²) in [6.07, 6.45) is 20.0. The molecule has 3 aliphatic heterocycles. The van der Waals surface area contributed by atoms with E-state index < -0.39 is 11.6 Å². The Labute approximate surface area is 429 Å². The van der Waals surface area contributed by atoms with Crippen molar-refractivity contribution < 1.29 is 38.4 Å². The third-order valence-corrected chi connectivity index (χ3v) is 16.4. The van der Waals surface area contributed by atoms with Crippen LogP contribution in [0.2, 0.25) is 0 Å². The van der Waals surface area contributed by atoms with Crippen molar-refractivity contribution in [3.05, 3.63) is 79.1 Å². The number of fused-ring (bicyclic) bond motifs is 6. The number of hydrogen-bond donors (Lipinski definition) is 1. The minimum atomic E-state index is -1.89. The number of carbonyl (C=O) groups is 3. The molecule has 11 nitrogen and oxygen atoms in total. The molecule has 0 bridgehead atoms. The van der Waals surface area contributed by atoms with Gasteiger partial charge in [-0.05, 0) is 143 Å². The Morgan fingerprint density at radius 3 is 2.07 bits per heavy atom. The molecule has 0 saturated carbocycles. The fraction of sp³-hybridized carbons (Fsp3) is 0.623. The van der Waals surface area contributed by atoms with Crippen LogP contribution in [-0.2, 0) is 50.7 Å². The van der Waals surface area contributed by atoms with Crippen LogP contribution in [0.1, 0.15) is 215 Å². The van der Waals surface area contributed by atoms with Gasteiger partial charge in [-0.25, -0.2) is 9.78 Å². The molecule has 4 aromatic rings. The first kappa shape index (κ1) is 54.7. The molecule has 0 radical (unpaired) electrons. The molecule has 2 aromatic heterocycles. The van der Waals surface area contributed by atoms with Gasteiger partial charge < -0.3 is 28.6 Å².